The van der Waals surface area contributed by atoms with E-state index in [1.807, 2.05) is 30.3 Å². The van der Waals surface area contributed by atoms with Gasteiger partial charge < -0.3 is 19.5 Å². The van der Waals surface area contributed by atoms with Gasteiger partial charge in [-0.1, -0.05) is 11.6 Å². The Hall–Kier alpha value is -2.93. The maximum Gasteiger partial charge on any atom is 0.259 e. The first-order valence-electron chi connectivity index (χ1n) is 11.6. The van der Waals surface area contributed by atoms with Gasteiger partial charge in [-0.3, -0.25) is 4.79 Å². The molecule has 1 aromatic carbocycles. The predicted molar refractivity (Wildman–Crippen MR) is 123 cm³/mol. The molecule has 1 aliphatic heterocycles. The van der Waals surface area contributed by atoms with Gasteiger partial charge >= 0.3 is 0 Å². The van der Waals surface area contributed by atoms with Gasteiger partial charge in [0.2, 0.25) is 0 Å². The number of rotatable bonds is 7. The van der Waals surface area contributed by atoms with E-state index in [1.54, 1.807) is 7.11 Å². The number of likely N-dealkylation sites (tertiary alicyclic amines) is 1. The summed E-state index contributed by atoms with van der Waals surface area (Å²) < 4.78 is 10.9. The highest BCUT2D eigenvalue weighted by atomic mass is 16.5. The number of methoxy groups -OCH3 is 1. The van der Waals surface area contributed by atoms with Gasteiger partial charge in [0, 0.05) is 29.8 Å². The van der Waals surface area contributed by atoms with E-state index in [4.69, 9.17) is 14.2 Å². The summed E-state index contributed by atoms with van der Waals surface area (Å²) in [6.07, 6.45) is 5.98. The van der Waals surface area contributed by atoms with Crippen molar-refractivity contribution < 1.29 is 14.1 Å². The molecule has 2 fully saturated rings. The monoisotopic (exact) mass is 434 g/mol. The van der Waals surface area contributed by atoms with Crippen molar-refractivity contribution in [3.05, 3.63) is 41.6 Å². The van der Waals surface area contributed by atoms with Crippen LogP contribution in [0.3, 0.4) is 0 Å². The number of pyridine rings is 1. The SMILES string of the molecule is COc1ccc(-c2noc3nc(C4CC4)cc(C(=O)N[C@H](C)CN4CCCCC4)c23)cc1. The van der Waals surface area contributed by atoms with E-state index in [1.165, 1.54) is 19.3 Å². The molecule has 3 heterocycles. The van der Waals surface area contributed by atoms with Crippen LogP contribution in [0.5, 0.6) is 5.75 Å². The van der Waals surface area contributed by atoms with Gasteiger partial charge in [-0.2, -0.15) is 0 Å². The summed E-state index contributed by atoms with van der Waals surface area (Å²) in [7, 11) is 1.64. The second-order valence-electron chi connectivity index (χ2n) is 9.04. The molecular weight excluding hydrogens is 404 g/mol. The number of nitrogens with one attached hydrogen (secondary N) is 1. The van der Waals surface area contributed by atoms with Crippen LogP contribution in [-0.2, 0) is 0 Å². The number of ether oxygens (including phenoxy) is 1. The molecule has 0 spiro atoms. The average molecular weight is 435 g/mol. The number of amides is 1. The molecule has 0 bridgehead atoms. The number of piperidine rings is 1. The highest BCUT2D eigenvalue weighted by Gasteiger charge is 2.30. The minimum atomic E-state index is -0.0956. The van der Waals surface area contributed by atoms with Gasteiger partial charge in [0.25, 0.3) is 11.6 Å². The summed E-state index contributed by atoms with van der Waals surface area (Å²) in [5.74, 6) is 1.08. The fourth-order valence-electron chi connectivity index (χ4n) is 4.56. The van der Waals surface area contributed by atoms with E-state index in [0.717, 1.165) is 49.5 Å². The quantitative estimate of drug-likeness (QED) is 0.594. The molecule has 2 aliphatic rings. The standard InChI is InChI=1S/C25H30N4O3/c1-16(15-29-12-4-3-5-13-29)26-24(30)20-14-21(17-6-7-17)27-25-22(20)23(28-32-25)18-8-10-19(31-2)11-9-18/h8-11,14,16-17H,3-7,12-13,15H2,1-2H3,(H,26,30)/t16-/m1/s1. The summed E-state index contributed by atoms with van der Waals surface area (Å²) in [5.41, 5.74) is 3.43. The largest absolute Gasteiger partial charge is 0.497 e. The van der Waals surface area contributed by atoms with Gasteiger partial charge in [0.15, 0.2) is 0 Å². The minimum Gasteiger partial charge on any atom is -0.497 e. The van der Waals surface area contributed by atoms with E-state index < -0.39 is 0 Å². The van der Waals surface area contributed by atoms with E-state index in [0.29, 0.717) is 28.3 Å². The number of aromatic nitrogens is 2. The lowest BCUT2D eigenvalue weighted by molar-refractivity contribution is 0.0927. The van der Waals surface area contributed by atoms with Crippen LogP contribution < -0.4 is 10.1 Å². The van der Waals surface area contributed by atoms with Crippen molar-refractivity contribution in [3.8, 4) is 17.0 Å². The van der Waals surface area contributed by atoms with Crippen LogP contribution in [0.15, 0.2) is 34.9 Å². The fourth-order valence-corrected chi connectivity index (χ4v) is 4.56. The highest BCUT2D eigenvalue weighted by Crippen LogP contribution is 2.41. The van der Waals surface area contributed by atoms with Crippen molar-refractivity contribution >= 4 is 17.0 Å². The number of fused-ring (bicyclic) bond motifs is 1. The van der Waals surface area contributed by atoms with Crippen LogP contribution >= 0.6 is 0 Å². The van der Waals surface area contributed by atoms with Crippen LogP contribution in [0, 0.1) is 0 Å². The van der Waals surface area contributed by atoms with Crippen molar-refractivity contribution in [2.45, 2.75) is 51.0 Å². The number of benzene rings is 1. The minimum absolute atomic E-state index is 0.0532. The molecule has 1 aliphatic carbocycles. The third-order valence-corrected chi connectivity index (χ3v) is 6.43. The third-order valence-electron chi connectivity index (χ3n) is 6.43. The molecule has 1 atom stereocenters. The van der Waals surface area contributed by atoms with Crippen molar-refractivity contribution in [2.75, 3.05) is 26.7 Å². The highest BCUT2D eigenvalue weighted by molar-refractivity contribution is 6.09. The van der Waals surface area contributed by atoms with E-state index in [2.05, 4.69) is 22.3 Å². The normalized spacial score (nSPS) is 17.9. The van der Waals surface area contributed by atoms with Crippen molar-refractivity contribution in [3.63, 3.8) is 0 Å². The molecule has 7 heteroatoms. The molecule has 7 nitrogen and oxygen atoms in total. The summed E-state index contributed by atoms with van der Waals surface area (Å²) in [6, 6.07) is 9.59. The molecule has 1 saturated carbocycles. The molecule has 1 amide bonds. The van der Waals surface area contributed by atoms with Gasteiger partial charge in [0.05, 0.1) is 18.1 Å². The van der Waals surface area contributed by atoms with E-state index in [9.17, 15) is 4.79 Å². The van der Waals surface area contributed by atoms with Crippen molar-refractivity contribution in [1.82, 2.24) is 20.4 Å². The van der Waals surface area contributed by atoms with E-state index >= 15 is 0 Å². The zero-order chi connectivity index (χ0) is 22.1. The molecule has 3 aromatic rings. The first-order chi connectivity index (χ1) is 15.6. The number of nitrogens with zero attached hydrogens (tertiary/aromatic N) is 3. The molecular formula is C25H30N4O3. The number of carbonyl (C=O) groups excluding carboxylic acids is 1. The predicted octanol–water partition coefficient (Wildman–Crippen LogP) is 4.38. The van der Waals surface area contributed by atoms with Gasteiger partial charge in [-0.25, -0.2) is 4.98 Å². The Labute approximate surface area is 188 Å². The van der Waals surface area contributed by atoms with Gasteiger partial charge in [-0.15, -0.1) is 0 Å². The molecule has 0 radical (unpaired) electrons. The second-order valence-corrected chi connectivity index (χ2v) is 9.04. The van der Waals surface area contributed by atoms with E-state index in [-0.39, 0.29) is 11.9 Å². The Bertz CT molecular complexity index is 1100. The number of hydrogen-bond donors (Lipinski definition) is 1. The molecule has 32 heavy (non-hydrogen) atoms. The lowest BCUT2D eigenvalue weighted by Gasteiger charge is -2.29. The Balaban J connectivity index is 1.46. The fraction of sp³-hybridized carbons (Fsp3) is 0.480. The summed E-state index contributed by atoms with van der Waals surface area (Å²) in [5, 5.41) is 8.17. The Kier molecular flexibility index (Phi) is 5.83. The van der Waals surface area contributed by atoms with Gasteiger partial charge in [0.1, 0.15) is 11.4 Å². The van der Waals surface area contributed by atoms with Gasteiger partial charge in [-0.05, 0) is 76.0 Å². The van der Waals surface area contributed by atoms with Crippen LogP contribution in [0.4, 0.5) is 0 Å². The lowest BCUT2D eigenvalue weighted by Crippen LogP contribution is -2.43. The Morgan fingerprint density at radius 1 is 1.22 bits per heavy atom. The summed E-state index contributed by atoms with van der Waals surface area (Å²) in [4.78, 5) is 20.6. The number of hydrogen-bond acceptors (Lipinski definition) is 6. The summed E-state index contributed by atoms with van der Waals surface area (Å²) in [6.45, 7) is 5.16. The molecule has 168 valence electrons. The Morgan fingerprint density at radius 3 is 2.66 bits per heavy atom. The maximum atomic E-state index is 13.4. The Morgan fingerprint density at radius 2 is 1.97 bits per heavy atom. The van der Waals surface area contributed by atoms with Crippen LogP contribution in [0.2, 0.25) is 0 Å². The molecule has 2 aromatic heterocycles. The lowest BCUT2D eigenvalue weighted by atomic mass is 10.0. The first-order valence-corrected chi connectivity index (χ1v) is 11.6. The topological polar surface area (TPSA) is 80.5 Å². The molecule has 1 saturated heterocycles. The molecule has 0 unspecified atom stereocenters. The number of carbonyl (C=O) groups is 1. The maximum absolute atomic E-state index is 13.4. The zero-order valence-electron chi connectivity index (χ0n) is 18.8. The zero-order valence-corrected chi connectivity index (χ0v) is 18.8. The van der Waals surface area contributed by atoms with Crippen molar-refractivity contribution in [1.29, 1.82) is 0 Å². The van der Waals surface area contributed by atoms with Crippen LogP contribution in [0.25, 0.3) is 22.4 Å². The second kappa shape index (κ2) is 8.90. The molecule has 5 rings (SSSR count). The first kappa shape index (κ1) is 20.9. The third kappa shape index (κ3) is 4.35. The van der Waals surface area contributed by atoms with Crippen LogP contribution in [-0.4, -0.2) is 53.7 Å². The average Bonchev–Trinajstić information content (AvgIpc) is 3.58. The van der Waals surface area contributed by atoms with Crippen molar-refractivity contribution in [2.24, 2.45) is 0 Å². The smallest absolute Gasteiger partial charge is 0.259 e. The van der Waals surface area contributed by atoms with Crippen LogP contribution in [0.1, 0.15) is 61.0 Å². The molecule has 1 N–H and O–H groups in total. The summed E-state index contributed by atoms with van der Waals surface area (Å²) >= 11 is 0.